The molecule has 0 radical (unpaired) electrons. The molecule has 1 N–H and O–H groups in total. The van der Waals surface area contributed by atoms with Crippen molar-refractivity contribution in [3.8, 4) is 0 Å². The quantitative estimate of drug-likeness (QED) is 0.895. The lowest BCUT2D eigenvalue weighted by atomic mass is 10.1. The van der Waals surface area contributed by atoms with Crippen LogP contribution < -0.4 is 0 Å². The maximum atomic E-state index is 13.7. The summed E-state index contributed by atoms with van der Waals surface area (Å²) in [5.41, 5.74) is 1.51. The Balaban J connectivity index is 2.43. The van der Waals surface area contributed by atoms with E-state index in [4.69, 9.17) is 11.6 Å². The molecule has 0 aliphatic heterocycles. The van der Waals surface area contributed by atoms with Gasteiger partial charge in [0.25, 0.3) is 0 Å². The van der Waals surface area contributed by atoms with E-state index in [9.17, 15) is 9.50 Å². The minimum atomic E-state index is -1.04. The highest BCUT2D eigenvalue weighted by Gasteiger charge is 2.18. The SMILES string of the molecule is Cc1cc(C(O)c2ccc(Cl)cc2F)n(C)n1. The highest BCUT2D eigenvalue weighted by atomic mass is 35.5. The van der Waals surface area contributed by atoms with Gasteiger partial charge in [-0.05, 0) is 25.1 Å². The van der Waals surface area contributed by atoms with Crippen LogP contribution in [0.3, 0.4) is 0 Å². The molecule has 0 saturated carbocycles. The maximum absolute atomic E-state index is 13.7. The van der Waals surface area contributed by atoms with Crippen molar-refractivity contribution in [2.75, 3.05) is 0 Å². The van der Waals surface area contributed by atoms with Crippen LogP contribution >= 0.6 is 11.6 Å². The third kappa shape index (κ3) is 2.33. The van der Waals surface area contributed by atoms with Crippen molar-refractivity contribution in [2.45, 2.75) is 13.0 Å². The van der Waals surface area contributed by atoms with Gasteiger partial charge in [-0.25, -0.2) is 4.39 Å². The Morgan fingerprint density at radius 1 is 1.41 bits per heavy atom. The molecule has 0 aliphatic rings. The number of halogens is 2. The molecule has 1 heterocycles. The number of hydrogen-bond donors (Lipinski definition) is 1. The summed E-state index contributed by atoms with van der Waals surface area (Å²) in [6.45, 7) is 1.81. The number of hydrogen-bond acceptors (Lipinski definition) is 2. The van der Waals surface area contributed by atoms with E-state index >= 15 is 0 Å². The van der Waals surface area contributed by atoms with Gasteiger partial charge >= 0.3 is 0 Å². The van der Waals surface area contributed by atoms with Crippen LogP contribution in [0.4, 0.5) is 4.39 Å². The molecule has 2 rings (SSSR count). The molecule has 0 saturated heterocycles. The summed E-state index contributed by atoms with van der Waals surface area (Å²) >= 11 is 5.66. The molecule has 5 heteroatoms. The first-order chi connectivity index (χ1) is 7.99. The van der Waals surface area contributed by atoms with Gasteiger partial charge in [-0.15, -0.1) is 0 Å². The van der Waals surface area contributed by atoms with Crippen molar-refractivity contribution in [3.05, 3.63) is 52.1 Å². The maximum Gasteiger partial charge on any atom is 0.130 e. The first-order valence-corrected chi connectivity index (χ1v) is 5.50. The Labute approximate surface area is 103 Å². The molecule has 0 bridgehead atoms. The van der Waals surface area contributed by atoms with Crippen LogP contribution in [0.25, 0.3) is 0 Å². The van der Waals surface area contributed by atoms with Crippen LogP contribution in [0.1, 0.15) is 23.1 Å². The second kappa shape index (κ2) is 4.47. The average molecular weight is 255 g/mol. The molecule has 17 heavy (non-hydrogen) atoms. The van der Waals surface area contributed by atoms with Crippen LogP contribution in [0.15, 0.2) is 24.3 Å². The molecular weight excluding hydrogens is 243 g/mol. The molecule has 0 spiro atoms. The summed E-state index contributed by atoms with van der Waals surface area (Å²) in [5.74, 6) is -0.524. The zero-order valence-electron chi connectivity index (χ0n) is 9.48. The Hall–Kier alpha value is -1.39. The van der Waals surface area contributed by atoms with Crippen LogP contribution in [0.5, 0.6) is 0 Å². The fourth-order valence-corrected chi connectivity index (χ4v) is 1.93. The molecule has 0 aliphatic carbocycles. The smallest absolute Gasteiger partial charge is 0.130 e. The molecular formula is C12H12ClFN2O. The van der Waals surface area contributed by atoms with Gasteiger partial charge in [0.05, 0.1) is 11.4 Å². The molecule has 2 aromatic rings. The van der Waals surface area contributed by atoms with Crippen molar-refractivity contribution in [3.63, 3.8) is 0 Å². The molecule has 3 nitrogen and oxygen atoms in total. The molecule has 1 aromatic carbocycles. The fraction of sp³-hybridized carbons (Fsp3) is 0.250. The lowest BCUT2D eigenvalue weighted by Crippen LogP contribution is -2.08. The van der Waals surface area contributed by atoms with E-state index in [-0.39, 0.29) is 5.56 Å². The average Bonchev–Trinajstić information content (AvgIpc) is 2.57. The Kier molecular flexibility index (Phi) is 3.17. The number of aromatic nitrogens is 2. The van der Waals surface area contributed by atoms with Crippen LogP contribution in [-0.4, -0.2) is 14.9 Å². The van der Waals surface area contributed by atoms with Crippen LogP contribution in [0.2, 0.25) is 5.02 Å². The third-order valence-electron chi connectivity index (χ3n) is 2.58. The zero-order chi connectivity index (χ0) is 12.6. The van der Waals surface area contributed by atoms with Crippen molar-refractivity contribution < 1.29 is 9.50 Å². The third-order valence-corrected chi connectivity index (χ3v) is 2.81. The van der Waals surface area contributed by atoms with E-state index in [0.717, 1.165) is 5.69 Å². The Bertz CT molecular complexity index is 553. The van der Waals surface area contributed by atoms with E-state index in [1.807, 2.05) is 6.92 Å². The number of aliphatic hydroxyl groups is 1. The van der Waals surface area contributed by atoms with Gasteiger partial charge in [0.1, 0.15) is 11.9 Å². The molecule has 90 valence electrons. The zero-order valence-corrected chi connectivity index (χ0v) is 10.2. The molecule has 1 aromatic heterocycles. The first-order valence-electron chi connectivity index (χ1n) is 5.12. The summed E-state index contributed by atoms with van der Waals surface area (Å²) in [5, 5.41) is 14.5. The van der Waals surface area contributed by atoms with Crippen molar-refractivity contribution >= 4 is 11.6 Å². The van der Waals surface area contributed by atoms with Gasteiger partial charge in [-0.1, -0.05) is 17.7 Å². The largest absolute Gasteiger partial charge is 0.382 e. The van der Waals surface area contributed by atoms with Gasteiger partial charge in [-0.3, -0.25) is 4.68 Å². The van der Waals surface area contributed by atoms with Crippen molar-refractivity contribution in [1.82, 2.24) is 9.78 Å². The minimum Gasteiger partial charge on any atom is -0.382 e. The summed E-state index contributed by atoms with van der Waals surface area (Å²) in [6.07, 6.45) is -1.04. The Morgan fingerprint density at radius 3 is 2.65 bits per heavy atom. The fourth-order valence-electron chi connectivity index (χ4n) is 1.77. The van der Waals surface area contributed by atoms with Gasteiger partial charge in [0.15, 0.2) is 0 Å². The predicted molar refractivity (Wildman–Crippen MR) is 63.4 cm³/mol. The number of benzene rings is 1. The summed E-state index contributed by atoms with van der Waals surface area (Å²) in [7, 11) is 1.71. The predicted octanol–water partition coefficient (Wildman–Crippen LogP) is 2.60. The van der Waals surface area contributed by atoms with E-state index < -0.39 is 11.9 Å². The monoisotopic (exact) mass is 254 g/mol. The highest BCUT2D eigenvalue weighted by molar-refractivity contribution is 6.30. The van der Waals surface area contributed by atoms with E-state index in [2.05, 4.69) is 5.10 Å². The number of rotatable bonds is 2. The second-order valence-electron chi connectivity index (χ2n) is 3.90. The lowest BCUT2D eigenvalue weighted by Gasteiger charge is -2.12. The second-order valence-corrected chi connectivity index (χ2v) is 4.34. The van der Waals surface area contributed by atoms with E-state index in [0.29, 0.717) is 10.7 Å². The Morgan fingerprint density at radius 2 is 2.12 bits per heavy atom. The molecule has 1 unspecified atom stereocenters. The number of nitrogens with zero attached hydrogens (tertiary/aromatic N) is 2. The molecule has 0 amide bonds. The summed E-state index contributed by atoms with van der Waals surface area (Å²) < 4.78 is 15.2. The number of aryl methyl sites for hydroxylation is 2. The highest BCUT2D eigenvalue weighted by Crippen LogP contribution is 2.26. The van der Waals surface area contributed by atoms with Crippen LogP contribution in [0, 0.1) is 12.7 Å². The lowest BCUT2D eigenvalue weighted by molar-refractivity contribution is 0.204. The van der Waals surface area contributed by atoms with Gasteiger partial charge in [-0.2, -0.15) is 5.10 Å². The minimum absolute atomic E-state index is 0.192. The molecule has 1 atom stereocenters. The number of aliphatic hydroxyl groups excluding tert-OH is 1. The molecule has 0 fully saturated rings. The first kappa shape index (κ1) is 12.1. The standard InChI is InChI=1S/C12H12ClFN2O/c1-7-5-11(16(2)15-7)12(17)9-4-3-8(13)6-10(9)14/h3-6,12,17H,1-2H3. The summed E-state index contributed by atoms with van der Waals surface area (Å²) in [6, 6.07) is 5.93. The van der Waals surface area contributed by atoms with Gasteiger partial charge < -0.3 is 5.11 Å². The van der Waals surface area contributed by atoms with Gasteiger partial charge in [0, 0.05) is 17.6 Å². The van der Waals surface area contributed by atoms with E-state index in [1.54, 1.807) is 19.2 Å². The summed E-state index contributed by atoms with van der Waals surface area (Å²) in [4.78, 5) is 0. The van der Waals surface area contributed by atoms with Crippen molar-refractivity contribution in [2.24, 2.45) is 7.05 Å². The van der Waals surface area contributed by atoms with Gasteiger partial charge in [0.2, 0.25) is 0 Å². The van der Waals surface area contributed by atoms with Crippen molar-refractivity contribution in [1.29, 1.82) is 0 Å². The normalized spacial score (nSPS) is 12.8. The topological polar surface area (TPSA) is 38.0 Å². The van der Waals surface area contributed by atoms with E-state index in [1.165, 1.54) is 16.8 Å². The van der Waals surface area contributed by atoms with Crippen LogP contribution in [-0.2, 0) is 7.05 Å².